The molecule has 5 heteroatoms. The van der Waals surface area contributed by atoms with Gasteiger partial charge < -0.3 is 10.6 Å². The summed E-state index contributed by atoms with van der Waals surface area (Å²) in [6.07, 6.45) is 1.12. The van der Waals surface area contributed by atoms with E-state index in [1.807, 2.05) is 0 Å². The number of aliphatic imine (C=N–C) groups is 1. The second kappa shape index (κ2) is 5.11. The van der Waals surface area contributed by atoms with Crippen LogP contribution in [0.3, 0.4) is 0 Å². The highest BCUT2D eigenvalue weighted by Crippen LogP contribution is 2.21. The van der Waals surface area contributed by atoms with Crippen molar-refractivity contribution in [3.05, 3.63) is 0 Å². The van der Waals surface area contributed by atoms with Crippen molar-refractivity contribution in [2.75, 3.05) is 20.1 Å². The van der Waals surface area contributed by atoms with Gasteiger partial charge in [-0.2, -0.15) is 0 Å². The minimum absolute atomic E-state index is 0.0109. The minimum atomic E-state index is -0.0109. The molecule has 0 fully saturated rings. The highest BCUT2D eigenvalue weighted by atomic mass is 32.2. The molecule has 4 nitrogen and oxygen atoms in total. The molecule has 1 atom stereocenters. The maximum absolute atomic E-state index is 10.9. The van der Waals surface area contributed by atoms with Gasteiger partial charge >= 0.3 is 0 Å². The van der Waals surface area contributed by atoms with E-state index in [-0.39, 0.29) is 5.91 Å². The van der Waals surface area contributed by atoms with E-state index in [1.54, 1.807) is 18.8 Å². The Morgan fingerprint density at radius 2 is 2.54 bits per heavy atom. The first kappa shape index (κ1) is 10.4. The summed E-state index contributed by atoms with van der Waals surface area (Å²) < 4.78 is 0. The van der Waals surface area contributed by atoms with Crippen molar-refractivity contribution >= 4 is 22.8 Å². The third kappa shape index (κ3) is 3.26. The van der Waals surface area contributed by atoms with Crippen molar-refractivity contribution in [1.82, 2.24) is 10.6 Å². The largest absolute Gasteiger partial charge is 0.358 e. The molecule has 1 amide bonds. The van der Waals surface area contributed by atoms with Crippen molar-refractivity contribution in [1.29, 1.82) is 0 Å². The Labute approximate surface area is 82.6 Å². The summed E-state index contributed by atoms with van der Waals surface area (Å²) in [6, 6.07) is 0. The van der Waals surface area contributed by atoms with Crippen LogP contribution in [-0.4, -0.2) is 36.5 Å². The number of nitrogens with one attached hydrogen (secondary N) is 2. The summed E-state index contributed by atoms with van der Waals surface area (Å²) in [4.78, 5) is 15.2. The normalized spacial score (nSPS) is 21.1. The molecule has 13 heavy (non-hydrogen) atoms. The highest BCUT2D eigenvalue weighted by molar-refractivity contribution is 8.14. The van der Waals surface area contributed by atoms with E-state index < -0.39 is 0 Å². The van der Waals surface area contributed by atoms with E-state index >= 15 is 0 Å². The summed E-state index contributed by atoms with van der Waals surface area (Å²) in [5, 5.41) is 7.03. The van der Waals surface area contributed by atoms with Gasteiger partial charge in [-0.3, -0.25) is 9.79 Å². The van der Waals surface area contributed by atoms with E-state index in [2.05, 4.69) is 22.5 Å². The van der Waals surface area contributed by atoms with Gasteiger partial charge in [0, 0.05) is 12.3 Å². The van der Waals surface area contributed by atoms with Crippen LogP contribution < -0.4 is 10.6 Å². The molecule has 0 aliphatic carbocycles. The van der Waals surface area contributed by atoms with Crippen LogP contribution in [-0.2, 0) is 4.79 Å². The van der Waals surface area contributed by atoms with Crippen molar-refractivity contribution in [2.24, 2.45) is 4.99 Å². The van der Waals surface area contributed by atoms with Crippen LogP contribution in [0.5, 0.6) is 0 Å². The first-order chi connectivity index (χ1) is 6.26. The zero-order chi connectivity index (χ0) is 9.68. The average Bonchev–Trinajstić information content (AvgIpc) is 2.61. The molecular weight excluding hydrogens is 186 g/mol. The fraction of sp³-hybridized carbons (Fsp3) is 0.750. The van der Waals surface area contributed by atoms with Gasteiger partial charge in [0.1, 0.15) is 0 Å². The lowest BCUT2D eigenvalue weighted by Crippen LogP contribution is -2.33. The molecule has 0 aromatic carbocycles. The van der Waals surface area contributed by atoms with Crippen LogP contribution in [0.15, 0.2) is 4.99 Å². The monoisotopic (exact) mass is 201 g/mol. The number of thioether (sulfide) groups is 1. The molecule has 0 bridgehead atoms. The van der Waals surface area contributed by atoms with E-state index in [1.165, 1.54) is 0 Å². The van der Waals surface area contributed by atoms with Gasteiger partial charge in [-0.25, -0.2) is 0 Å². The van der Waals surface area contributed by atoms with E-state index in [9.17, 15) is 4.79 Å². The quantitative estimate of drug-likeness (QED) is 0.686. The summed E-state index contributed by atoms with van der Waals surface area (Å²) in [5.41, 5.74) is 0. The van der Waals surface area contributed by atoms with E-state index in [0.717, 1.165) is 18.1 Å². The summed E-state index contributed by atoms with van der Waals surface area (Å²) in [6.45, 7) is 3.34. The van der Waals surface area contributed by atoms with Crippen LogP contribution in [0, 0.1) is 0 Å². The van der Waals surface area contributed by atoms with Gasteiger partial charge in [-0.1, -0.05) is 18.7 Å². The number of carbonyl (C=O) groups excluding carboxylic acids is 1. The minimum Gasteiger partial charge on any atom is -0.358 e. The first-order valence-electron chi connectivity index (χ1n) is 4.41. The second-order valence-electron chi connectivity index (χ2n) is 2.82. The molecule has 0 aromatic rings. The number of amidine groups is 1. The highest BCUT2D eigenvalue weighted by Gasteiger charge is 2.17. The van der Waals surface area contributed by atoms with Crippen LogP contribution >= 0.6 is 11.8 Å². The Balaban J connectivity index is 2.20. The number of amides is 1. The number of hydrogen-bond acceptors (Lipinski definition) is 4. The van der Waals surface area contributed by atoms with E-state index in [0.29, 0.717) is 11.8 Å². The number of carbonyl (C=O) groups is 1. The van der Waals surface area contributed by atoms with Crippen molar-refractivity contribution in [3.8, 4) is 0 Å². The molecule has 0 saturated carbocycles. The summed E-state index contributed by atoms with van der Waals surface area (Å²) in [7, 11) is 1.63. The Morgan fingerprint density at radius 1 is 1.77 bits per heavy atom. The number of nitrogens with zero attached hydrogens (tertiary/aromatic N) is 1. The van der Waals surface area contributed by atoms with Crippen molar-refractivity contribution in [2.45, 2.75) is 18.6 Å². The van der Waals surface area contributed by atoms with Crippen LogP contribution in [0.25, 0.3) is 0 Å². The van der Waals surface area contributed by atoms with Crippen LogP contribution in [0.4, 0.5) is 0 Å². The molecule has 0 spiro atoms. The van der Waals surface area contributed by atoms with E-state index in [4.69, 9.17) is 0 Å². The van der Waals surface area contributed by atoms with Gasteiger partial charge in [-0.15, -0.1) is 0 Å². The summed E-state index contributed by atoms with van der Waals surface area (Å²) >= 11 is 1.72. The topological polar surface area (TPSA) is 53.5 Å². The van der Waals surface area contributed by atoms with Crippen LogP contribution in [0.1, 0.15) is 13.3 Å². The Hall–Kier alpha value is -0.710. The third-order valence-electron chi connectivity index (χ3n) is 1.85. The Morgan fingerprint density at radius 3 is 3.08 bits per heavy atom. The Kier molecular flexibility index (Phi) is 4.08. The smallest absolute Gasteiger partial charge is 0.239 e. The second-order valence-corrected chi connectivity index (χ2v) is 4.11. The standard InChI is InChI=1S/C8H15N3OS/c1-3-6-4-10-8(13-6)11-5-7(12)9-2/h6H,3-5H2,1-2H3,(H,9,12)(H,10,11). The zero-order valence-corrected chi connectivity index (χ0v) is 8.78. The number of hydrogen-bond donors (Lipinski definition) is 2. The molecule has 1 rings (SSSR count). The Bertz CT molecular complexity index is 217. The van der Waals surface area contributed by atoms with Gasteiger partial charge in [-0.05, 0) is 6.42 Å². The molecule has 1 heterocycles. The third-order valence-corrected chi connectivity index (χ3v) is 3.16. The van der Waals surface area contributed by atoms with Crippen molar-refractivity contribution in [3.63, 3.8) is 0 Å². The predicted octanol–water partition coefficient (Wildman–Crippen LogP) is 0.203. The van der Waals surface area contributed by atoms with Gasteiger partial charge in [0.2, 0.25) is 5.91 Å². The predicted molar refractivity (Wildman–Crippen MR) is 56.0 cm³/mol. The molecule has 1 aliphatic rings. The first-order valence-corrected chi connectivity index (χ1v) is 5.29. The van der Waals surface area contributed by atoms with Gasteiger partial charge in [0.25, 0.3) is 0 Å². The van der Waals surface area contributed by atoms with Crippen LogP contribution in [0.2, 0.25) is 0 Å². The SMILES string of the molecule is CCC1CN=C(NCC(=O)NC)S1. The fourth-order valence-corrected chi connectivity index (χ4v) is 1.91. The average molecular weight is 201 g/mol. The molecule has 1 unspecified atom stereocenters. The number of rotatable bonds is 3. The lowest BCUT2D eigenvalue weighted by molar-refractivity contribution is -0.119. The van der Waals surface area contributed by atoms with Crippen molar-refractivity contribution < 1.29 is 4.79 Å². The fourth-order valence-electron chi connectivity index (χ4n) is 0.971. The lowest BCUT2D eigenvalue weighted by atomic mass is 10.3. The zero-order valence-electron chi connectivity index (χ0n) is 7.96. The molecule has 74 valence electrons. The maximum Gasteiger partial charge on any atom is 0.239 e. The number of likely N-dealkylation sites (N-methyl/N-ethyl adjacent to an activating group) is 1. The molecular formula is C8H15N3OS. The molecule has 2 N–H and O–H groups in total. The molecule has 1 aliphatic heterocycles. The molecule has 0 radical (unpaired) electrons. The maximum atomic E-state index is 10.9. The van der Waals surface area contributed by atoms with Gasteiger partial charge in [0.05, 0.1) is 13.1 Å². The lowest BCUT2D eigenvalue weighted by Gasteiger charge is -2.05. The van der Waals surface area contributed by atoms with Gasteiger partial charge in [0.15, 0.2) is 5.17 Å². The molecule has 0 aromatic heterocycles. The summed E-state index contributed by atoms with van der Waals surface area (Å²) in [5.74, 6) is -0.0109. The molecule has 0 saturated heterocycles.